The molecule has 0 radical (unpaired) electrons. The molecule has 1 amide bonds. The maximum Gasteiger partial charge on any atom is 0.221 e. The number of amides is 1. The summed E-state index contributed by atoms with van der Waals surface area (Å²) in [6.45, 7) is 1.12. The van der Waals surface area contributed by atoms with Crippen LogP contribution in [-0.4, -0.2) is 23.4 Å². The van der Waals surface area contributed by atoms with Gasteiger partial charge in [0.2, 0.25) is 5.91 Å². The van der Waals surface area contributed by atoms with Crippen LogP contribution in [0.25, 0.3) is 0 Å². The average Bonchev–Trinajstić information content (AvgIpc) is 2.20. The fourth-order valence-electron chi connectivity index (χ4n) is 1.28. The number of aliphatic hydroxyl groups is 1. The first kappa shape index (κ1) is 12.7. The molecule has 0 fully saturated rings. The van der Waals surface area contributed by atoms with Crippen molar-refractivity contribution < 1.29 is 14.7 Å². The molecule has 16 heavy (non-hydrogen) atoms. The van der Waals surface area contributed by atoms with E-state index >= 15 is 0 Å². The Morgan fingerprint density at radius 3 is 2.69 bits per heavy atom. The molecule has 1 rings (SSSR count). The summed E-state index contributed by atoms with van der Waals surface area (Å²) >= 11 is 5.77. The van der Waals surface area contributed by atoms with Crippen LogP contribution in [0.3, 0.4) is 0 Å². The summed E-state index contributed by atoms with van der Waals surface area (Å²) in [7, 11) is 0. The normalized spacial score (nSPS) is 9.94. The number of rotatable bonds is 4. The Balaban J connectivity index is 3.07. The average molecular weight is 242 g/mol. The van der Waals surface area contributed by atoms with Gasteiger partial charge in [0.1, 0.15) is 0 Å². The highest BCUT2D eigenvalue weighted by Crippen LogP contribution is 2.22. The van der Waals surface area contributed by atoms with Gasteiger partial charge in [-0.1, -0.05) is 11.6 Å². The van der Waals surface area contributed by atoms with Crippen LogP contribution in [0.4, 0.5) is 5.69 Å². The molecule has 2 N–H and O–H groups in total. The number of aliphatic hydroxyl groups excluding tert-OH is 1. The lowest BCUT2D eigenvalue weighted by Crippen LogP contribution is -2.11. The monoisotopic (exact) mass is 241 g/mol. The smallest absolute Gasteiger partial charge is 0.221 e. The van der Waals surface area contributed by atoms with Gasteiger partial charge < -0.3 is 10.4 Å². The summed E-state index contributed by atoms with van der Waals surface area (Å²) in [5.41, 5.74) is 0.729. The minimum atomic E-state index is -0.264. The second kappa shape index (κ2) is 5.63. The Morgan fingerprint density at radius 1 is 1.44 bits per heavy atom. The van der Waals surface area contributed by atoms with Gasteiger partial charge in [-0.25, -0.2) is 0 Å². The van der Waals surface area contributed by atoms with E-state index in [0.29, 0.717) is 16.3 Å². The van der Waals surface area contributed by atoms with E-state index in [1.54, 1.807) is 12.1 Å². The lowest BCUT2D eigenvalue weighted by atomic mass is 10.1. The van der Waals surface area contributed by atoms with Crippen molar-refractivity contribution >= 4 is 29.0 Å². The van der Waals surface area contributed by atoms with Crippen molar-refractivity contribution in [3.05, 3.63) is 28.8 Å². The summed E-state index contributed by atoms with van der Waals surface area (Å²) in [5, 5.41) is 11.7. The first-order valence-electron chi connectivity index (χ1n) is 4.76. The van der Waals surface area contributed by atoms with Gasteiger partial charge in [0, 0.05) is 23.9 Å². The van der Waals surface area contributed by atoms with Gasteiger partial charge in [-0.05, 0) is 18.2 Å². The number of halogens is 1. The number of ketones is 1. The van der Waals surface area contributed by atoms with E-state index < -0.39 is 0 Å². The molecule has 0 heterocycles. The molecule has 0 aliphatic carbocycles. The number of hydrogen-bond acceptors (Lipinski definition) is 3. The largest absolute Gasteiger partial charge is 0.396 e. The molecule has 0 saturated heterocycles. The predicted octanol–water partition coefficient (Wildman–Crippen LogP) is 1.86. The maximum atomic E-state index is 11.6. The molecule has 0 saturated carbocycles. The van der Waals surface area contributed by atoms with Gasteiger partial charge in [0.15, 0.2) is 5.78 Å². The van der Waals surface area contributed by atoms with Crippen LogP contribution in [-0.2, 0) is 4.79 Å². The van der Waals surface area contributed by atoms with Crippen LogP contribution in [0.5, 0.6) is 0 Å². The van der Waals surface area contributed by atoms with Crippen molar-refractivity contribution in [2.24, 2.45) is 0 Å². The lowest BCUT2D eigenvalue weighted by Gasteiger charge is -2.08. The molecule has 0 bridgehead atoms. The third-order valence-corrected chi connectivity index (χ3v) is 2.17. The van der Waals surface area contributed by atoms with Crippen molar-refractivity contribution in [1.82, 2.24) is 0 Å². The molecule has 0 aliphatic rings. The predicted molar refractivity (Wildman–Crippen MR) is 61.8 cm³/mol. The van der Waals surface area contributed by atoms with Crippen molar-refractivity contribution in [3.63, 3.8) is 0 Å². The van der Waals surface area contributed by atoms with E-state index in [1.807, 2.05) is 0 Å². The van der Waals surface area contributed by atoms with E-state index in [0.717, 1.165) is 0 Å². The molecule has 86 valence electrons. The van der Waals surface area contributed by atoms with Gasteiger partial charge in [0.25, 0.3) is 0 Å². The van der Waals surface area contributed by atoms with E-state index in [-0.39, 0.29) is 24.7 Å². The van der Waals surface area contributed by atoms with Crippen LogP contribution in [0.15, 0.2) is 18.2 Å². The van der Waals surface area contributed by atoms with Crippen molar-refractivity contribution in [1.29, 1.82) is 0 Å². The molecule has 0 aromatic heterocycles. The number of benzene rings is 1. The van der Waals surface area contributed by atoms with Gasteiger partial charge >= 0.3 is 0 Å². The van der Waals surface area contributed by atoms with Crippen molar-refractivity contribution in [2.75, 3.05) is 11.9 Å². The Morgan fingerprint density at radius 2 is 2.12 bits per heavy atom. The highest BCUT2D eigenvalue weighted by Gasteiger charge is 2.12. The Hall–Kier alpha value is -1.39. The highest BCUT2D eigenvalue weighted by atomic mass is 35.5. The summed E-state index contributed by atoms with van der Waals surface area (Å²) < 4.78 is 0. The first-order valence-corrected chi connectivity index (χ1v) is 5.13. The van der Waals surface area contributed by atoms with Crippen LogP contribution >= 0.6 is 11.6 Å². The Kier molecular flexibility index (Phi) is 4.46. The van der Waals surface area contributed by atoms with E-state index in [1.165, 1.54) is 13.0 Å². The Labute approximate surface area is 98.2 Å². The molecule has 0 spiro atoms. The SMILES string of the molecule is CC(=O)Nc1ccc(Cl)cc1C(=O)CCO. The molecule has 1 aromatic carbocycles. The Bertz CT molecular complexity index is 418. The van der Waals surface area contributed by atoms with Crippen molar-refractivity contribution in [2.45, 2.75) is 13.3 Å². The quantitative estimate of drug-likeness (QED) is 0.791. The minimum absolute atomic E-state index is 0.00687. The molecule has 0 unspecified atom stereocenters. The third-order valence-electron chi connectivity index (χ3n) is 1.93. The van der Waals surface area contributed by atoms with Gasteiger partial charge in [0.05, 0.1) is 12.3 Å². The topological polar surface area (TPSA) is 66.4 Å². The number of carbonyl (C=O) groups excluding carboxylic acids is 2. The zero-order valence-electron chi connectivity index (χ0n) is 8.79. The van der Waals surface area contributed by atoms with Crippen LogP contribution in [0, 0.1) is 0 Å². The summed E-state index contributed by atoms with van der Waals surface area (Å²) in [4.78, 5) is 22.6. The van der Waals surface area contributed by atoms with Gasteiger partial charge in [-0.15, -0.1) is 0 Å². The van der Waals surface area contributed by atoms with Crippen molar-refractivity contribution in [3.8, 4) is 0 Å². The molecule has 0 aliphatic heterocycles. The van der Waals surface area contributed by atoms with Crippen LogP contribution < -0.4 is 5.32 Å². The molecule has 4 nitrogen and oxygen atoms in total. The number of Topliss-reactive ketones (excluding diaryl/α,β-unsaturated/α-hetero) is 1. The molecule has 0 atom stereocenters. The van der Waals surface area contributed by atoms with Crippen LogP contribution in [0.1, 0.15) is 23.7 Å². The lowest BCUT2D eigenvalue weighted by molar-refractivity contribution is -0.114. The summed E-state index contributed by atoms with van der Waals surface area (Å²) in [6.07, 6.45) is 0.00687. The number of nitrogens with one attached hydrogen (secondary N) is 1. The summed E-state index contributed by atoms with van der Waals surface area (Å²) in [6, 6.07) is 4.63. The highest BCUT2D eigenvalue weighted by molar-refractivity contribution is 6.31. The second-order valence-electron chi connectivity index (χ2n) is 3.27. The second-order valence-corrected chi connectivity index (χ2v) is 3.70. The number of anilines is 1. The fourth-order valence-corrected chi connectivity index (χ4v) is 1.45. The third kappa shape index (κ3) is 3.32. The van der Waals surface area contributed by atoms with E-state index in [4.69, 9.17) is 16.7 Å². The molecule has 5 heteroatoms. The van der Waals surface area contributed by atoms with E-state index in [9.17, 15) is 9.59 Å². The molecular formula is C11H12ClNO3. The summed E-state index contributed by atoms with van der Waals surface area (Å²) in [5.74, 6) is -0.519. The fraction of sp³-hybridized carbons (Fsp3) is 0.273. The zero-order valence-corrected chi connectivity index (χ0v) is 9.54. The number of carbonyl (C=O) groups is 2. The van der Waals surface area contributed by atoms with Crippen LogP contribution in [0.2, 0.25) is 5.02 Å². The van der Waals surface area contributed by atoms with Gasteiger partial charge in [-0.2, -0.15) is 0 Å². The maximum absolute atomic E-state index is 11.6. The number of hydrogen-bond donors (Lipinski definition) is 2. The minimum Gasteiger partial charge on any atom is -0.396 e. The first-order chi connectivity index (χ1) is 7.54. The van der Waals surface area contributed by atoms with Gasteiger partial charge in [-0.3, -0.25) is 9.59 Å². The van der Waals surface area contributed by atoms with E-state index in [2.05, 4.69) is 5.32 Å². The molecule has 1 aromatic rings. The molecular weight excluding hydrogens is 230 g/mol. The zero-order chi connectivity index (χ0) is 12.1. The standard InChI is InChI=1S/C11H12ClNO3/c1-7(15)13-10-3-2-8(12)6-9(10)11(16)4-5-14/h2-3,6,14H,4-5H2,1H3,(H,13,15).